The third kappa shape index (κ3) is 2.47. The molecule has 1 aliphatic carbocycles. The standard InChI is InChI=1S/C18H15FN2O2S/c1-9(22)13-8-11(19)6-7-14(13)23-17-16-12-4-3-5-15(12)24-18(16)21-10(2)20-17/h6-8H,3-5H2,1-2H3. The van der Waals surface area contributed by atoms with E-state index in [1.807, 2.05) is 6.92 Å². The highest BCUT2D eigenvalue weighted by molar-refractivity contribution is 7.19. The van der Waals surface area contributed by atoms with Gasteiger partial charge in [-0.3, -0.25) is 4.79 Å². The smallest absolute Gasteiger partial charge is 0.231 e. The molecule has 6 heteroatoms. The van der Waals surface area contributed by atoms with E-state index in [1.54, 1.807) is 11.3 Å². The van der Waals surface area contributed by atoms with E-state index in [1.165, 1.54) is 35.6 Å². The lowest BCUT2D eigenvalue weighted by atomic mass is 10.1. The van der Waals surface area contributed by atoms with Crippen molar-refractivity contribution in [3.8, 4) is 11.6 Å². The molecule has 0 N–H and O–H groups in total. The SMILES string of the molecule is CC(=O)c1cc(F)ccc1Oc1nc(C)nc2sc3c(c12)CCC3. The zero-order valence-corrected chi connectivity index (χ0v) is 14.2. The molecule has 0 atom stereocenters. The maximum absolute atomic E-state index is 13.5. The lowest BCUT2D eigenvalue weighted by Gasteiger charge is -2.11. The van der Waals surface area contributed by atoms with Crippen molar-refractivity contribution in [1.82, 2.24) is 9.97 Å². The normalized spacial score (nSPS) is 13.3. The van der Waals surface area contributed by atoms with Gasteiger partial charge in [-0.2, -0.15) is 4.98 Å². The maximum Gasteiger partial charge on any atom is 0.231 e. The fourth-order valence-electron chi connectivity index (χ4n) is 3.11. The summed E-state index contributed by atoms with van der Waals surface area (Å²) in [4.78, 5) is 23.0. The monoisotopic (exact) mass is 342 g/mol. The molecule has 122 valence electrons. The van der Waals surface area contributed by atoms with Gasteiger partial charge < -0.3 is 4.74 Å². The summed E-state index contributed by atoms with van der Waals surface area (Å²) in [6.45, 7) is 3.21. The van der Waals surface area contributed by atoms with Crippen molar-refractivity contribution >= 4 is 27.3 Å². The van der Waals surface area contributed by atoms with Crippen LogP contribution < -0.4 is 4.74 Å². The molecule has 0 amide bonds. The van der Waals surface area contributed by atoms with E-state index in [0.29, 0.717) is 17.5 Å². The first-order chi connectivity index (χ1) is 11.5. The summed E-state index contributed by atoms with van der Waals surface area (Å²) in [7, 11) is 0. The number of thiophene rings is 1. The number of nitrogens with zero attached hydrogens (tertiary/aromatic N) is 2. The van der Waals surface area contributed by atoms with E-state index in [-0.39, 0.29) is 11.3 Å². The second-order valence-corrected chi connectivity index (χ2v) is 7.00. The number of fused-ring (bicyclic) bond motifs is 3. The number of rotatable bonds is 3. The van der Waals surface area contributed by atoms with Crippen molar-refractivity contribution in [2.75, 3.05) is 0 Å². The quantitative estimate of drug-likeness (QED) is 0.652. The van der Waals surface area contributed by atoms with Gasteiger partial charge in [0.1, 0.15) is 22.2 Å². The summed E-state index contributed by atoms with van der Waals surface area (Å²) in [5, 5.41) is 0.928. The Labute approximate surface area is 142 Å². The minimum absolute atomic E-state index is 0.214. The van der Waals surface area contributed by atoms with Crippen LogP contribution in [0.3, 0.4) is 0 Å². The van der Waals surface area contributed by atoms with Gasteiger partial charge >= 0.3 is 0 Å². The van der Waals surface area contributed by atoms with Gasteiger partial charge in [0.25, 0.3) is 0 Å². The summed E-state index contributed by atoms with van der Waals surface area (Å²) in [6, 6.07) is 3.95. The molecule has 0 bridgehead atoms. The van der Waals surface area contributed by atoms with Crippen LogP contribution in [-0.2, 0) is 12.8 Å². The van der Waals surface area contributed by atoms with Crippen LogP contribution in [0.4, 0.5) is 4.39 Å². The number of benzene rings is 1. The molecule has 4 rings (SSSR count). The lowest BCUT2D eigenvalue weighted by Crippen LogP contribution is -2.01. The molecule has 1 aliphatic rings. The molecule has 4 nitrogen and oxygen atoms in total. The number of hydrogen-bond acceptors (Lipinski definition) is 5. The Morgan fingerprint density at radius 1 is 1.29 bits per heavy atom. The van der Waals surface area contributed by atoms with Gasteiger partial charge in [0, 0.05) is 4.88 Å². The summed E-state index contributed by atoms with van der Waals surface area (Å²) in [6.07, 6.45) is 3.17. The van der Waals surface area contributed by atoms with E-state index < -0.39 is 5.82 Å². The summed E-state index contributed by atoms with van der Waals surface area (Å²) >= 11 is 1.68. The average Bonchev–Trinajstić information content (AvgIpc) is 3.08. The van der Waals surface area contributed by atoms with Gasteiger partial charge in [0.2, 0.25) is 5.88 Å². The van der Waals surface area contributed by atoms with Crippen molar-refractivity contribution in [1.29, 1.82) is 0 Å². The Hall–Kier alpha value is -2.34. The number of ketones is 1. The van der Waals surface area contributed by atoms with Crippen molar-refractivity contribution in [2.24, 2.45) is 0 Å². The third-order valence-corrected chi connectivity index (χ3v) is 5.36. The number of ether oxygens (including phenoxy) is 1. The van der Waals surface area contributed by atoms with Crippen molar-refractivity contribution in [2.45, 2.75) is 33.1 Å². The summed E-state index contributed by atoms with van der Waals surface area (Å²) in [5.41, 5.74) is 1.46. The molecule has 0 unspecified atom stereocenters. The Kier molecular flexibility index (Phi) is 3.57. The summed E-state index contributed by atoms with van der Waals surface area (Å²) in [5.74, 6) is 0.672. The molecule has 2 heterocycles. The van der Waals surface area contributed by atoms with E-state index in [0.717, 1.165) is 29.5 Å². The molecule has 0 aliphatic heterocycles. The molecule has 0 saturated carbocycles. The van der Waals surface area contributed by atoms with Crippen LogP contribution in [0.2, 0.25) is 0 Å². The van der Waals surface area contributed by atoms with E-state index in [2.05, 4.69) is 9.97 Å². The molecular formula is C18H15FN2O2S. The fourth-order valence-corrected chi connectivity index (χ4v) is 4.41. The second-order valence-electron chi connectivity index (χ2n) is 5.91. The van der Waals surface area contributed by atoms with Crippen molar-refractivity contribution in [3.63, 3.8) is 0 Å². The maximum atomic E-state index is 13.5. The lowest BCUT2D eigenvalue weighted by molar-refractivity contribution is 0.101. The fraction of sp³-hybridized carbons (Fsp3) is 0.278. The van der Waals surface area contributed by atoms with Crippen LogP contribution in [0.15, 0.2) is 18.2 Å². The molecular weight excluding hydrogens is 327 g/mol. The van der Waals surface area contributed by atoms with Gasteiger partial charge in [0.15, 0.2) is 5.78 Å². The Bertz CT molecular complexity index is 981. The first-order valence-corrected chi connectivity index (χ1v) is 8.62. The van der Waals surface area contributed by atoms with Crippen molar-refractivity contribution < 1.29 is 13.9 Å². The zero-order chi connectivity index (χ0) is 16.8. The molecule has 0 fully saturated rings. The van der Waals surface area contributed by atoms with Gasteiger partial charge in [0.05, 0.1) is 10.9 Å². The number of hydrogen-bond donors (Lipinski definition) is 0. The Morgan fingerprint density at radius 3 is 2.92 bits per heavy atom. The molecule has 0 saturated heterocycles. The number of halogens is 1. The number of aryl methyl sites for hydroxylation is 3. The topological polar surface area (TPSA) is 52.1 Å². The van der Waals surface area contributed by atoms with Gasteiger partial charge in [-0.1, -0.05) is 0 Å². The van der Waals surface area contributed by atoms with E-state index in [4.69, 9.17) is 4.74 Å². The molecule has 3 aromatic rings. The highest BCUT2D eigenvalue weighted by atomic mass is 32.1. The van der Waals surface area contributed by atoms with Gasteiger partial charge in [-0.05, 0) is 56.9 Å². The van der Waals surface area contributed by atoms with Crippen LogP contribution in [0.5, 0.6) is 11.6 Å². The Balaban J connectivity index is 1.88. The van der Waals surface area contributed by atoms with Crippen LogP contribution >= 0.6 is 11.3 Å². The third-order valence-electron chi connectivity index (χ3n) is 4.17. The number of carbonyl (C=O) groups is 1. The number of aromatic nitrogens is 2. The van der Waals surface area contributed by atoms with Crippen LogP contribution in [0, 0.1) is 12.7 Å². The van der Waals surface area contributed by atoms with Crippen LogP contribution in [-0.4, -0.2) is 15.8 Å². The molecule has 0 spiro atoms. The number of carbonyl (C=O) groups excluding carboxylic acids is 1. The number of Topliss-reactive ketones (excluding diaryl/α,β-unsaturated/α-hetero) is 1. The zero-order valence-electron chi connectivity index (χ0n) is 13.4. The molecule has 2 aromatic heterocycles. The Morgan fingerprint density at radius 2 is 2.12 bits per heavy atom. The average molecular weight is 342 g/mol. The van der Waals surface area contributed by atoms with Crippen molar-refractivity contribution in [3.05, 3.63) is 45.8 Å². The van der Waals surface area contributed by atoms with Gasteiger partial charge in [-0.15, -0.1) is 11.3 Å². The molecule has 24 heavy (non-hydrogen) atoms. The van der Waals surface area contributed by atoms with E-state index >= 15 is 0 Å². The highest BCUT2D eigenvalue weighted by Crippen LogP contribution is 2.41. The highest BCUT2D eigenvalue weighted by Gasteiger charge is 2.23. The van der Waals surface area contributed by atoms with E-state index in [9.17, 15) is 9.18 Å². The first kappa shape index (κ1) is 15.2. The minimum atomic E-state index is -0.465. The molecule has 1 aromatic carbocycles. The van der Waals surface area contributed by atoms with Gasteiger partial charge in [-0.25, -0.2) is 9.37 Å². The van der Waals surface area contributed by atoms with Crippen LogP contribution in [0.25, 0.3) is 10.2 Å². The largest absolute Gasteiger partial charge is 0.437 e. The predicted molar refractivity (Wildman–Crippen MR) is 90.7 cm³/mol. The second kappa shape index (κ2) is 5.63. The molecule has 0 radical (unpaired) electrons. The first-order valence-electron chi connectivity index (χ1n) is 7.80. The van der Waals surface area contributed by atoms with Crippen LogP contribution in [0.1, 0.15) is 40.0 Å². The predicted octanol–water partition coefficient (Wildman–Crippen LogP) is 4.62. The summed E-state index contributed by atoms with van der Waals surface area (Å²) < 4.78 is 19.4. The minimum Gasteiger partial charge on any atom is -0.437 e.